The quantitative estimate of drug-likeness (QED) is 0.833. The molecule has 0 aliphatic carbocycles. The zero-order valence-electron chi connectivity index (χ0n) is 12.8. The first-order chi connectivity index (χ1) is 10.6. The van der Waals surface area contributed by atoms with Gasteiger partial charge in [-0.15, -0.1) is 0 Å². The lowest BCUT2D eigenvalue weighted by molar-refractivity contribution is -0.124. The van der Waals surface area contributed by atoms with E-state index < -0.39 is 0 Å². The van der Waals surface area contributed by atoms with Crippen LogP contribution in [0.15, 0.2) is 48.5 Å². The fourth-order valence-electron chi connectivity index (χ4n) is 2.16. The first kappa shape index (κ1) is 15.8. The molecule has 0 aliphatic heterocycles. The maximum Gasteiger partial charge on any atom is 0.244 e. The van der Waals surface area contributed by atoms with E-state index in [1.165, 1.54) is 6.08 Å². The van der Waals surface area contributed by atoms with E-state index in [0.717, 1.165) is 16.3 Å². The molecule has 0 heterocycles. The Hall–Kier alpha value is -2.62. The number of hydrogen-bond acceptors (Lipinski definition) is 2. The van der Waals surface area contributed by atoms with Crippen LogP contribution in [0.25, 0.3) is 16.8 Å². The van der Waals surface area contributed by atoms with Gasteiger partial charge in [0.05, 0.1) is 6.54 Å². The lowest BCUT2D eigenvalue weighted by Crippen LogP contribution is -2.39. The van der Waals surface area contributed by atoms with Gasteiger partial charge in [-0.2, -0.15) is 0 Å². The highest BCUT2D eigenvalue weighted by molar-refractivity contribution is 5.97. The highest BCUT2D eigenvalue weighted by Crippen LogP contribution is 2.19. The molecule has 0 atom stereocenters. The third-order valence-corrected chi connectivity index (χ3v) is 3.11. The van der Waals surface area contributed by atoms with Crippen LogP contribution in [0.4, 0.5) is 0 Å². The molecule has 0 saturated carbocycles. The summed E-state index contributed by atoms with van der Waals surface area (Å²) in [7, 11) is 0. The summed E-state index contributed by atoms with van der Waals surface area (Å²) in [5.41, 5.74) is 0.972. The predicted octanol–water partition coefficient (Wildman–Crippen LogP) is 2.49. The van der Waals surface area contributed by atoms with Crippen LogP contribution in [-0.4, -0.2) is 24.4 Å². The Balaban J connectivity index is 1.99. The first-order valence-electron chi connectivity index (χ1n) is 7.29. The zero-order chi connectivity index (χ0) is 15.9. The van der Waals surface area contributed by atoms with Crippen molar-refractivity contribution in [2.24, 2.45) is 0 Å². The van der Waals surface area contributed by atoms with E-state index in [4.69, 9.17) is 0 Å². The highest BCUT2D eigenvalue weighted by Gasteiger charge is 2.04. The van der Waals surface area contributed by atoms with E-state index in [9.17, 15) is 9.59 Å². The summed E-state index contributed by atoms with van der Waals surface area (Å²) in [5.74, 6) is -0.478. The van der Waals surface area contributed by atoms with Gasteiger partial charge in [-0.3, -0.25) is 9.59 Å². The molecule has 114 valence electrons. The van der Waals surface area contributed by atoms with Crippen LogP contribution < -0.4 is 10.6 Å². The fraction of sp³-hybridized carbons (Fsp3) is 0.222. The molecule has 0 radical (unpaired) electrons. The Labute approximate surface area is 130 Å². The summed E-state index contributed by atoms with van der Waals surface area (Å²) in [6, 6.07) is 14.0. The molecular weight excluding hydrogens is 276 g/mol. The lowest BCUT2D eigenvalue weighted by atomic mass is 10.0. The van der Waals surface area contributed by atoms with Gasteiger partial charge in [0.25, 0.3) is 0 Å². The van der Waals surface area contributed by atoms with Gasteiger partial charge in [0.15, 0.2) is 0 Å². The van der Waals surface area contributed by atoms with Crippen molar-refractivity contribution in [1.82, 2.24) is 10.6 Å². The van der Waals surface area contributed by atoms with Crippen molar-refractivity contribution in [3.8, 4) is 0 Å². The van der Waals surface area contributed by atoms with E-state index >= 15 is 0 Å². The second-order valence-corrected chi connectivity index (χ2v) is 5.34. The highest BCUT2D eigenvalue weighted by atomic mass is 16.2. The number of hydrogen-bond donors (Lipinski definition) is 2. The molecule has 2 amide bonds. The predicted molar refractivity (Wildman–Crippen MR) is 89.3 cm³/mol. The average molecular weight is 296 g/mol. The van der Waals surface area contributed by atoms with Gasteiger partial charge in [-0.25, -0.2) is 0 Å². The Morgan fingerprint density at radius 3 is 2.59 bits per heavy atom. The van der Waals surface area contributed by atoms with Crippen molar-refractivity contribution in [2.75, 3.05) is 6.54 Å². The van der Waals surface area contributed by atoms with Gasteiger partial charge >= 0.3 is 0 Å². The molecule has 0 fully saturated rings. The molecule has 2 rings (SSSR count). The van der Waals surface area contributed by atoms with Crippen molar-refractivity contribution in [2.45, 2.75) is 19.9 Å². The normalized spacial score (nSPS) is 11.0. The molecule has 2 N–H and O–H groups in total. The van der Waals surface area contributed by atoms with Crippen LogP contribution in [0, 0.1) is 0 Å². The Morgan fingerprint density at radius 2 is 1.82 bits per heavy atom. The fourth-order valence-corrected chi connectivity index (χ4v) is 2.16. The first-order valence-corrected chi connectivity index (χ1v) is 7.29. The monoisotopic (exact) mass is 296 g/mol. The summed E-state index contributed by atoms with van der Waals surface area (Å²) in [6.07, 6.45) is 3.21. The van der Waals surface area contributed by atoms with Gasteiger partial charge in [0, 0.05) is 12.1 Å². The average Bonchev–Trinajstić information content (AvgIpc) is 2.50. The number of amides is 2. The third-order valence-electron chi connectivity index (χ3n) is 3.11. The number of carbonyl (C=O) groups is 2. The SMILES string of the molecule is CC(C)NC(=O)CNC(=O)/C=C/c1cccc2ccccc12. The number of rotatable bonds is 5. The van der Waals surface area contributed by atoms with Crippen LogP contribution in [0.5, 0.6) is 0 Å². The summed E-state index contributed by atoms with van der Waals surface area (Å²) in [6.45, 7) is 3.73. The van der Waals surface area contributed by atoms with Gasteiger partial charge in [0.2, 0.25) is 11.8 Å². The largest absolute Gasteiger partial charge is 0.352 e. The Bertz CT molecular complexity index is 700. The van der Waals surface area contributed by atoms with E-state index in [1.54, 1.807) is 6.08 Å². The van der Waals surface area contributed by atoms with Crippen molar-refractivity contribution in [3.63, 3.8) is 0 Å². The summed E-state index contributed by atoms with van der Waals surface area (Å²) >= 11 is 0. The number of fused-ring (bicyclic) bond motifs is 1. The topological polar surface area (TPSA) is 58.2 Å². The third kappa shape index (κ3) is 4.45. The smallest absolute Gasteiger partial charge is 0.244 e. The number of nitrogens with one attached hydrogen (secondary N) is 2. The molecule has 22 heavy (non-hydrogen) atoms. The van der Waals surface area contributed by atoms with Gasteiger partial charge in [0.1, 0.15) is 0 Å². The number of benzene rings is 2. The standard InChI is InChI=1S/C18H20N2O2/c1-13(2)20-18(22)12-19-17(21)11-10-15-8-5-7-14-6-3-4-9-16(14)15/h3-11,13H,12H2,1-2H3,(H,19,21)(H,20,22)/b11-10+. The molecule has 0 spiro atoms. The minimum absolute atomic E-state index is 0.0170. The Morgan fingerprint density at radius 1 is 1.09 bits per heavy atom. The molecule has 0 aliphatic rings. The molecule has 2 aromatic carbocycles. The van der Waals surface area contributed by atoms with E-state index in [1.807, 2.05) is 56.3 Å². The van der Waals surface area contributed by atoms with E-state index in [0.29, 0.717) is 0 Å². The maximum atomic E-state index is 11.8. The lowest BCUT2D eigenvalue weighted by Gasteiger charge is -2.08. The molecule has 0 saturated heterocycles. The molecule has 0 bridgehead atoms. The second kappa shape index (κ2) is 7.41. The second-order valence-electron chi connectivity index (χ2n) is 5.34. The van der Waals surface area contributed by atoms with Gasteiger partial charge in [-0.1, -0.05) is 42.5 Å². The van der Waals surface area contributed by atoms with Gasteiger partial charge < -0.3 is 10.6 Å². The van der Waals surface area contributed by atoms with Crippen LogP contribution in [0.2, 0.25) is 0 Å². The van der Waals surface area contributed by atoms with E-state index in [-0.39, 0.29) is 24.4 Å². The molecule has 0 unspecified atom stereocenters. The molecule has 4 nitrogen and oxygen atoms in total. The van der Waals surface area contributed by atoms with Crippen molar-refractivity contribution in [1.29, 1.82) is 0 Å². The molecule has 2 aromatic rings. The molecule has 4 heteroatoms. The van der Waals surface area contributed by atoms with Gasteiger partial charge in [-0.05, 0) is 36.3 Å². The molecule has 0 aromatic heterocycles. The minimum Gasteiger partial charge on any atom is -0.352 e. The summed E-state index contributed by atoms with van der Waals surface area (Å²) < 4.78 is 0. The molecular formula is C18H20N2O2. The van der Waals surface area contributed by atoms with E-state index in [2.05, 4.69) is 10.6 Å². The van der Waals surface area contributed by atoms with Crippen LogP contribution in [0.1, 0.15) is 19.4 Å². The maximum absolute atomic E-state index is 11.8. The minimum atomic E-state index is -0.285. The van der Waals surface area contributed by atoms with Crippen molar-refractivity contribution >= 4 is 28.7 Å². The van der Waals surface area contributed by atoms with Crippen LogP contribution in [-0.2, 0) is 9.59 Å². The van der Waals surface area contributed by atoms with Crippen LogP contribution >= 0.6 is 0 Å². The van der Waals surface area contributed by atoms with Crippen molar-refractivity contribution in [3.05, 3.63) is 54.1 Å². The zero-order valence-corrected chi connectivity index (χ0v) is 12.8. The number of carbonyl (C=O) groups excluding carboxylic acids is 2. The van der Waals surface area contributed by atoms with Crippen LogP contribution in [0.3, 0.4) is 0 Å². The summed E-state index contributed by atoms with van der Waals surface area (Å²) in [5, 5.41) is 7.50. The Kier molecular flexibility index (Phi) is 5.31. The van der Waals surface area contributed by atoms with Crippen molar-refractivity contribution < 1.29 is 9.59 Å². The summed E-state index contributed by atoms with van der Waals surface area (Å²) in [4.78, 5) is 23.2.